The van der Waals surface area contributed by atoms with Crippen LogP contribution in [0.1, 0.15) is 84.4 Å². The third kappa shape index (κ3) is 10.8. The van der Waals surface area contributed by atoms with Gasteiger partial charge in [0.2, 0.25) is 15.4 Å². The average molecular weight is 907 g/mol. The first-order valence-electron chi connectivity index (χ1n) is 21.3. The summed E-state index contributed by atoms with van der Waals surface area (Å²) in [5.41, 5.74) is 8.97. The lowest BCUT2D eigenvalue weighted by Gasteiger charge is -2.39. The van der Waals surface area contributed by atoms with Crippen molar-refractivity contribution < 1.29 is 32.3 Å². The Morgan fingerprint density at radius 3 is 2.36 bits per heavy atom. The second-order valence-electron chi connectivity index (χ2n) is 17.5. The fraction of sp³-hybridized carbons (Fsp3) is 0.333. The van der Waals surface area contributed by atoms with Crippen LogP contribution in [-0.2, 0) is 14.3 Å². The van der Waals surface area contributed by atoms with Crippen LogP contribution in [0.4, 0.5) is 11.4 Å². The molecule has 6 aromatic rings. The van der Waals surface area contributed by atoms with Crippen molar-refractivity contribution in [2.24, 2.45) is 5.73 Å². The third-order valence-corrected chi connectivity index (χ3v) is 18.1. The van der Waals surface area contributed by atoms with E-state index in [0.29, 0.717) is 52.2 Å². The number of sulfone groups is 1. The number of nitrogens with one attached hydrogen (secondary N) is 4. The standard InChI is InChI=1S/C48H58N6O8SSi/c1-30-24-35(27-38-43(30)52-28-39(46(49)57)44(38)53-32-15-13-16-33(26-32)61-5)63(59,60)34-17-12-14-31(25-34)47(58)51-23-11-9-8-10-22-50-29-41(62-64(6,7)48(2,3)4)36-18-20-40(55)45-37(36)19-21-42(56)54-45/h12-21,24-28,41,50,55H,8-11,22-23,29H2,1-7H3,(H2,49,57)(H,51,58)(H,52,53)(H,54,56)/t41-/m0/s1. The van der Waals surface area contributed by atoms with Gasteiger partial charge in [-0.3, -0.25) is 19.4 Å². The number of pyridine rings is 2. The number of nitrogens with zero attached hydrogens (tertiary/aromatic N) is 1. The molecule has 0 aliphatic carbocycles. The first kappa shape index (κ1) is 47.4. The predicted octanol–water partition coefficient (Wildman–Crippen LogP) is 8.42. The molecule has 64 heavy (non-hydrogen) atoms. The molecule has 2 heterocycles. The number of aromatic nitrogens is 2. The summed E-state index contributed by atoms with van der Waals surface area (Å²) in [6.07, 6.45) is 4.50. The number of H-pyrrole nitrogens is 1. The number of hydrogen-bond acceptors (Lipinski definition) is 11. The highest BCUT2D eigenvalue weighted by Crippen LogP contribution is 2.41. The van der Waals surface area contributed by atoms with Gasteiger partial charge in [0.1, 0.15) is 11.5 Å². The molecular weight excluding hydrogens is 849 g/mol. The molecule has 0 radical (unpaired) electrons. The largest absolute Gasteiger partial charge is 0.506 e. The van der Waals surface area contributed by atoms with Gasteiger partial charge in [0.05, 0.1) is 45.3 Å². The minimum absolute atomic E-state index is 0.0100. The van der Waals surface area contributed by atoms with Crippen molar-refractivity contribution >= 4 is 63.1 Å². The van der Waals surface area contributed by atoms with Crippen LogP contribution in [0, 0.1) is 6.92 Å². The minimum Gasteiger partial charge on any atom is -0.506 e. The molecule has 6 rings (SSSR count). The monoisotopic (exact) mass is 906 g/mol. The topological polar surface area (TPSA) is 215 Å². The van der Waals surface area contributed by atoms with Crippen LogP contribution in [0.5, 0.6) is 11.5 Å². The van der Waals surface area contributed by atoms with Gasteiger partial charge < -0.3 is 40.9 Å². The van der Waals surface area contributed by atoms with E-state index < -0.39 is 24.1 Å². The maximum Gasteiger partial charge on any atom is 0.252 e. The number of carbonyl (C=O) groups excluding carboxylic acids is 2. The number of phenols is 1. The molecule has 0 fully saturated rings. The number of primary amides is 1. The molecule has 338 valence electrons. The van der Waals surface area contributed by atoms with Gasteiger partial charge in [-0.1, -0.05) is 51.8 Å². The molecule has 16 heteroatoms. The molecule has 14 nitrogen and oxygen atoms in total. The van der Waals surface area contributed by atoms with Gasteiger partial charge in [-0.25, -0.2) is 8.42 Å². The predicted molar refractivity (Wildman–Crippen MR) is 254 cm³/mol. The van der Waals surface area contributed by atoms with Gasteiger partial charge in [-0.05, 0) is 110 Å². The number of carbonyl (C=O) groups is 2. The number of benzene rings is 4. The highest BCUT2D eigenvalue weighted by atomic mass is 32.2. The van der Waals surface area contributed by atoms with Crippen LogP contribution < -0.4 is 32.0 Å². The Kier molecular flexibility index (Phi) is 14.6. The fourth-order valence-electron chi connectivity index (χ4n) is 7.26. The number of anilines is 2. The molecule has 2 aromatic heterocycles. The molecule has 0 bridgehead atoms. The lowest BCUT2D eigenvalue weighted by molar-refractivity contribution is 0.0951. The van der Waals surface area contributed by atoms with E-state index in [1.54, 1.807) is 49.4 Å². The van der Waals surface area contributed by atoms with Crippen molar-refractivity contribution in [1.29, 1.82) is 0 Å². The SMILES string of the molecule is COc1cccc(Nc2c(C(N)=O)cnc3c(C)cc(S(=O)(=O)c4cccc(C(=O)NCCCCCCNC[C@H](O[Si](C)(C)C(C)(C)C)c5ccc(O)c6[nH]c(=O)ccc56)c4)cc23)c1. The number of ether oxygens (including phenoxy) is 1. The van der Waals surface area contributed by atoms with Gasteiger partial charge in [0.25, 0.3) is 11.8 Å². The Morgan fingerprint density at radius 2 is 1.64 bits per heavy atom. The molecule has 0 aliphatic heterocycles. The van der Waals surface area contributed by atoms with E-state index in [-0.39, 0.29) is 49.3 Å². The maximum absolute atomic E-state index is 14.2. The number of methoxy groups -OCH3 is 1. The number of rotatable bonds is 19. The Hall–Kier alpha value is -6.07. The van der Waals surface area contributed by atoms with Crippen LogP contribution in [0.3, 0.4) is 0 Å². The van der Waals surface area contributed by atoms with Crippen LogP contribution in [0.2, 0.25) is 18.1 Å². The Labute approximate surface area is 375 Å². The Bertz CT molecular complexity index is 2860. The summed E-state index contributed by atoms with van der Waals surface area (Å²) in [7, 11) is -4.81. The van der Waals surface area contributed by atoms with Crippen molar-refractivity contribution in [2.75, 3.05) is 32.1 Å². The van der Waals surface area contributed by atoms with E-state index in [2.05, 4.69) is 59.8 Å². The van der Waals surface area contributed by atoms with Crippen LogP contribution in [0.25, 0.3) is 21.8 Å². The summed E-state index contributed by atoms with van der Waals surface area (Å²) in [4.78, 5) is 45.0. The van der Waals surface area contributed by atoms with E-state index >= 15 is 0 Å². The van der Waals surface area contributed by atoms with Crippen molar-refractivity contribution in [1.82, 2.24) is 20.6 Å². The maximum atomic E-state index is 14.2. The number of amides is 2. The molecule has 1 atom stereocenters. The van der Waals surface area contributed by atoms with Crippen molar-refractivity contribution in [3.63, 3.8) is 0 Å². The molecule has 4 aromatic carbocycles. The first-order chi connectivity index (χ1) is 30.3. The molecule has 0 saturated heterocycles. The van der Waals surface area contributed by atoms with E-state index in [0.717, 1.165) is 43.2 Å². The van der Waals surface area contributed by atoms with E-state index in [9.17, 15) is 27.9 Å². The van der Waals surface area contributed by atoms with Crippen molar-refractivity contribution in [3.8, 4) is 11.5 Å². The van der Waals surface area contributed by atoms with Gasteiger partial charge in [0.15, 0.2) is 8.32 Å². The van der Waals surface area contributed by atoms with Gasteiger partial charge in [0, 0.05) is 53.4 Å². The summed E-state index contributed by atoms with van der Waals surface area (Å²) in [6, 6.07) is 22.6. The zero-order valence-corrected chi connectivity index (χ0v) is 39.2. The minimum atomic E-state index is -4.14. The number of fused-ring (bicyclic) bond motifs is 2. The molecule has 7 N–H and O–H groups in total. The normalized spacial score (nSPS) is 12.6. The van der Waals surface area contributed by atoms with Crippen molar-refractivity contribution in [2.45, 2.75) is 87.4 Å². The zero-order chi connectivity index (χ0) is 46.4. The molecule has 0 saturated carbocycles. The van der Waals surface area contributed by atoms with Crippen LogP contribution in [0.15, 0.2) is 106 Å². The molecule has 0 aliphatic rings. The Morgan fingerprint density at radius 1 is 0.906 bits per heavy atom. The molecule has 0 spiro atoms. The number of hydrogen-bond donors (Lipinski definition) is 6. The summed E-state index contributed by atoms with van der Waals surface area (Å²) >= 11 is 0. The van der Waals surface area contributed by atoms with Gasteiger partial charge >= 0.3 is 0 Å². The summed E-state index contributed by atoms with van der Waals surface area (Å²) in [5, 5.41) is 21.3. The number of phenolic OH excluding ortho intramolecular Hbond substituents is 1. The molecule has 0 unspecified atom stereocenters. The summed E-state index contributed by atoms with van der Waals surface area (Å²) in [5.74, 6) is -0.534. The highest BCUT2D eigenvalue weighted by molar-refractivity contribution is 7.91. The van der Waals surface area contributed by atoms with Gasteiger partial charge in [-0.15, -0.1) is 0 Å². The summed E-state index contributed by atoms with van der Waals surface area (Å²) in [6.45, 7) is 14.4. The van der Waals surface area contributed by atoms with E-state index in [1.807, 2.05) is 6.07 Å². The molecule has 2 amide bonds. The quantitative estimate of drug-likeness (QED) is 0.0335. The molecular formula is C48H58N6O8SSi. The van der Waals surface area contributed by atoms with Crippen LogP contribution >= 0.6 is 0 Å². The number of aryl methyl sites for hydroxylation is 1. The van der Waals surface area contributed by atoms with E-state index in [4.69, 9.17) is 14.9 Å². The number of aromatic hydroxyl groups is 1. The zero-order valence-electron chi connectivity index (χ0n) is 37.4. The third-order valence-electron chi connectivity index (χ3n) is 11.8. The lowest BCUT2D eigenvalue weighted by atomic mass is 10.0. The number of aromatic amines is 1. The average Bonchev–Trinajstić information content (AvgIpc) is 3.25. The van der Waals surface area contributed by atoms with Gasteiger partial charge in [-0.2, -0.15) is 0 Å². The second kappa shape index (κ2) is 19.8. The second-order valence-corrected chi connectivity index (χ2v) is 24.2. The number of unbranched alkanes of at least 4 members (excludes halogenated alkanes) is 3. The van der Waals surface area contributed by atoms with Crippen LogP contribution in [-0.4, -0.2) is 70.4 Å². The first-order valence-corrected chi connectivity index (χ1v) is 25.7. The van der Waals surface area contributed by atoms with E-state index in [1.165, 1.54) is 49.7 Å². The lowest BCUT2D eigenvalue weighted by Crippen LogP contribution is -2.43. The smallest absolute Gasteiger partial charge is 0.252 e. The summed E-state index contributed by atoms with van der Waals surface area (Å²) < 4.78 is 40.6. The fourth-order valence-corrected chi connectivity index (χ4v) is 9.95. The number of nitrogens with two attached hydrogens (primary N) is 1. The Balaban J connectivity index is 1.05. The highest BCUT2D eigenvalue weighted by Gasteiger charge is 2.39. The van der Waals surface area contributed by atoms with Crippen molar-refractivity contribution in [3.05, 3.63) is 124 Å².